The normalized spacial score (nSPS) is 10.9. The molecule has 2 rings (SSSR count). The quantitative estimate of drug-likeness (QED) is 0.427. The third kappa shape index (κ3) is 6.17. The van der Waals surface area contributed by atoms with Crippen LogP contribution < -0.4 is 10.6 Å². The van der Waals surface area contributed by atoms with Gasteiger partial charge < -0.3 is 15.4 Å². The molecule has 0 radical (unpaired) electrons. The Labute approximate surface area is 171 Å². The number of carbonyl (C=O) groups excluding carboxylic acids is 3. The number of esters is 1. The Morgan fingerprint density at radius 2 is 1.41 bits per heavy atom. The molecule has 2 aromatic carbocycles. The monoisotopic (exact) mass is 396 g/mol. The van der Waals surface area contributed by atoms with Crippen LogP contribution in [-0.2, 0) is 19.7 Å². The largest absolute Gasteiger partial charge is 0.462 e. The standard InChI is InChI=1S/C23H28N2O4/c1-5-6-15-29-22(28)16-11-7-9-13-18(16)24-20(26)21(27)25-19-14-10-8-12-17(19)23(2,3)4/h7-14H,5-6,15H2,1-4H3,(H,24,26)(H,25,27). The van der Waals surface area contributed by atoms with E-state index in [2.05, 4.69) is 10.6 Å². The second-order valence-corrected chi connectivity index (χ2v) is 7.74. The van der Waals surface area contributed by atoms with Crippen molar-refractivity contribution in [1.29, 1.82) is 0 Å². The molecule has 0 aliphatic heterocycles. The minimum Gasteiger partial charge on any atom is -0.462 e. The van der Waals surface area contributed by atoms with E-state index in [4.69, 9.17) is 4.74 Å². The molecule has 0 aliphatic carbocycles. The number of ether oxygens (including phenoxy) is 1. The van der Waals surface area contributed by atoms with Crippen molar-refractivity contribution in [3.63, 3.8) is 0 Å². The number of rotatable bonds is 6. The van der Waals surface area contributed by atoms with E-state index in [0.717, 1.165) is 18.4 Å². The lowest BCUT2D eigenvalue weighted by atomic mass is 9.86. The Balaban J connectivity index is 2.12. The van der Waals surface area contributed by atoms with E-state index >= 15 is 0 Å². The molecule has 6 nitrogen and oxygen atoms in total. The number of carbonyl (C=O) groups is 3. The summed E-state index contributed by atoms with van der Waals surface area (Å²) in [6.07, 6.45) is 1.66. The Morgan fingerprint density at radius 1 is 0.862 bits per heavy atom. The summed E-state index contributed by atoms with van der Waals surface area (Å²) in [5.41, 5.74) is 1.74. The van der Waals surface area contributed by atoms with Crippen LogP contribution >= 0.6 is 0 Å². The fourth-order valence-corrected chi connectivity index (χ4v) is 2.76. The maximum absolute atomic E-state index is 12.4. The first-order valence-electron chi connectivity index (χ1n) is 9.72. The lowest BCUT2D eigenvalue weighted by Gasteiger charge is -2.22. The highest BCUT2D eigenvalue weighted by Crippen LogP contribution is 2.29. The number of anilines is 2. The maximum atomic E-state index is 12.4. The van der Waals surface area contributed by atoms with Crippen molar-refractivity contribution in [1.82, 2.24) is 0 Å². The number of amides is 2. The zero-order valence-corrected chi connectivity index (χ0v) is 17.4. The average molecular weight is 396 g/mol. The predicted molar refractivity (Wildman–Crippen MR) is 114 cm³/mol. The summed E-state index contributed by atoms with van der Waals surface area (Å²) < 4.78 is 5.21. The second kappa shape index (κ2) is 9.87. The lowest BCUT2D eigenvalue weighted by molar-refractivity contribution is -0.133. The maximum Gasteiger partial charge on any atom is 0.340 e. The molecule has 0 atom stereocenters. The number of nitrogens with one attached hydrogen (secondary N) is 2. The summed E-state index contributed by atoms with van der Waals surface area (Å²) in [5.74, 6) is -2.20. The number of unbranched alkanes of at least 4 members (excludes halogenated alkanes) is 1. The van der Waals surface area contributed by atoms with Crippen LogP contribution in [0.4, 0.5) is 11.4 Å². The van der Waals surface area contributed by atoms with E-state index in [-0.39, 0.29) is 16.7 Å². The zero-order valence-electron chi connectivity index (χ0n) is 17.4. The van der Waals surface area contributed by atoms with Crippen molar-refractivity contribution in [3.8, 4) is 0 Å². The van der Waals surface area contributed by atoms with Crippen molar-refractivity contribution < 1.29 is 19.1 Å². The van der Waals surface area contributed by atoms with Crippen molar-refractivity contribution in [2.24, 2.45) is 0 Å². The highest BCUT2D eigenvalue weighted by Gasteiger charge is 2.22. The fourth-order valence-electron chi connectivity index (χ4n) is 2.76. The van der Waals surface area contributed by atoms with Gasteiger partial charge in [0.05, 0.1) is 17.9 Å². The van der Waals surface area contributed by atoms with Crippen LogP contribution in [0.2, 0.25) is 0 Å². The molecule has 0 bridgehead atoms. The number of hydrogen-bond donors (Lipinski definition) is 2. The van der Waals surface area contributed by atoms with Crippen molar-refractivity contribution in [3.05, 3.63) is 59.7 Å². The van der Waals surface area contributed by atoms with Crippen LogP contribution in [0.1, 0.15) is 56.5 Å². The van der Waals surface area contributed by atoms with Crippen LogP contribution in [0.3, 0.4) is 0 Å². The van der Waals surface area contributed by atoms with Gasteiger partial charge in [-0.15, -0.1) is 0 Å². The molecule has 0 aliphatic rings. The highest BCUT2D eigenvalue weighted by atomic mass is 16.5. The molecule has 2 amide bonds. The van der Waals surface area contributed by atoms with Crippen LogP contribution in [0.25, 0.3) is 0 Å². The molecule has 0 saturated heterocycles. The number of benzene rings is 2. The van der Waals surface area contributed by atoms with E-state index in [1.165, 1.54) is 0 Å². The van der Waals surface area contributed by atoms with Crippen LogP contribution in [0.5, 0.6) is 0 Å². The molecule has 0 spiro atoms. The molecular formula is C23H28N2O4. The minimum absolute atomic E-state index is 0.199. The summed E-state index contributed by atoms with van der Waals surface area (Å²) in [7, 11) is 0. The molecule has 0 heterocycles. The first-order valence-corrected chi connectivity index (χ1v) is 9.72. The third-order valence-corrected chi connectivity index (χ3v) is 4.32. The van der Waals surface area contributed by atoms with Crippen molar-refractivity contribution in [2.75, 3.05) is 17.2 Å². The number of hydrogen-bond acceptors (Lipinski definition) is 4. The van der Waals surface area contributed by atoms with Crippen LogP contribution in [-0.4, -0.2) is 24.4 Å². The van der Waals surface area contributed by atoms with Gasteiger partial charge in [0.1, 0.15) is 0 Å². The van der Waals surface area contributed by atoms with Gasteiger partial charge in [-0.25, -0.2) is 4.79 Å². The van der Waals surface area contributed by atoms with E-state index in [1.807, 2.05) is 39.8 Å². The molecule has 6 heteroatoms. The van der Waals surface area contributed by atoms with Crippen LogP contribution in [0.15, 0.2) is 48.5 Å². The van der Waals surface area contributed by atoms with E-state index in [9.17, 15) is 14.4 Å². The molecule has 154 valence electrons. The second-order valence-electron chi connectivity index (χ2n) is 7.74. The molecular weight excluding hydrogens is 368 g/mol. The predicted octanol–water partition coefficient (Wildman–Crippen LogP) is 4.52. The smallest absolute Gasteiger partial charge is 0.340 e. The van der Waals surface area contributed by atoms with Gasteiger partial charge in [-0.05, 0) is 35.6 Å². The van der Waals surface area contributed by atoms with Gasteiger partial charge in [0.2, 0.25) is 0 Å². The Bertz CT molecular complexity index is 884. The van der Waals surface area contributed by atoms with E-state index < -0.39 is 17.8 Å². The van der Waals surface area contributed by atoms with Gasteiger partial charge in [-0.2, -0.15) is 0 Å². The Hall–Kier alpha value is -3.15. The van der Waals surface area contributed by atoms with Gasteiger partial charge in [0, 0.05) is 5.69 Å². The molecule has 0 fully saturated rings. The summed E-state index contributed by atoms with van der Waals surface area (Å²) in [5, 5.41) is 5.17. The van der Waals surface area contributed by atoms with Crippen molar-refractivity contribution in [2.45, 2.75) is 46.0 Å². The van der Waals surface area contributed by atoms with Crippen molar-refractivity contribution >= 4 is 29.2 Å². The van der Waals surface area contributed by atoms with Gasteiger partial charge >= 0.3 is 17.8 Å². The van der Waals surface area contributed by atoms with Gasteiger partial charge in [0.15, 0.2) is 0 Å². The van der Waals surface area contributed by atoms with Crippen LogP contribution in [0, 0.1) is 0 Å². The number of para-hydroxylation sites is 2. The Kier molecular flexibility index (Phi) is 7.53. The first kappa shape index (κ1) is 22.1. The average Bonchev–Trinajstić information content (AvgIpc) is 2.68. The minimum atomic E-state index is -0.859. The molecule has 0 aromatic heterocycles. The lowest BCUT2D eigenvalue weighted by Crippen LogP contribution is -2.31. The summed E-state index contributed by atoms with van der Waals surface area (Å²) in [4.78, 5) is 37.2. The van der Waals surface area contributed by atoms with Gasteiger partial charge in [-0.1, -0.05) is 64.4 Å². The topological polar surface area (TPSA) is 84.5 Å². The highest BCUT2D eigenvalue weighted by molar-refractivity contribution is 6.44. The molecule has 0 unspecified atom stereocenters. The summed E-state index contributed by atoms with van der Waals surface area (Å²) in [6.45, 7) is 8.38. The first-order chi connectivity index (χ1) is 13.7. The van der Waals surface area contributed by atoms with Gasteiger partial charge in [-0.3, -0.25) is 9.59 Å². The van der Waals surface area contributed by atoms with E-state index in [1.54, 1.807) is 36.4 Å². The third-order valence-electron chi connectivity index (χ3n) is 4.32. The SMILES string of the molecule is CCCCOC(=O)c1ccccc1NC(=O)C(=O)Nc1ccccc1C(C)(C)C. The molecule has 2 N–H and O–H groups in total. The molecule has 2 aromatic rings. The molecule has 29 heavy (non-hydrogen) atoms. The van der Waals surface area contributed by atoms with E-state index in [0.29, 0.717) is 12.3 Å². The fraction of sp³-hybridized carbons (Fsp3) is 0.348. The van der Waals surface area contributed by atoms with Gasteiger partial charge in [0.25, 0.3) is 0 Å². The Morgan fingerprint density at radius 3 is 2.03 bits per heavy atom. The zero-order chi connectivity index (χ0) is 21.4. The summed E-state index contributed by atoms with van der Waals surface area (Å²) >= 11 is 0. The molecule has 0 saturated carbocycles. The summed E-state index contributed by atoms with van der Waals surface area (Å²) in [6, 6.07) is 13.8.